The van der Waals surface area contributed by atoms with Crippen molar-refractivity contribution in [2.24, 2.45) is 10.2 Å². The molecule has 0 unspecified atom stereocenters. The molecule has 0 aliphatic rings. The first-order valence-corrected chi connectivity index (χ1v) is 5.67. The van der Waals surface area contributed by atoms with Gasteiger partial charge in [0.2, 0.25) is 0 Å². The molecule has 96 valence electrons. The van der Waals surface area contributed by atoms with Crippen molar-refractivity contribution < 1.29 is 0 Å². The third-order valence-electron chi connectivity index (χ3n) is 2.65. The van der Waals surface area contributed by atoms with Crippen LogP contribution in [0.2, 0.25) is 0 Å². The summed E-state index contributed by atoms with van der Waals surface area (Å²) in [4.78, 5) is 14.0. The molecule has 0 radical (unpaired) electrons. The lowest BCUT2D eigenvalue weighted by atomic mass is 10.1. The zero-order valence-electron chi connectivity index (χ0n) is 10.4. The highest BCUT2D eigenvalue weighted by Gasteiger charge is 1.99. The van der Waals surface area contributed by atoms with Crippen molar-refractivity contribution in [1.82, 2.24) is 0 Å². The van der Waals surface area contributed by atoms with E-state index in [9.17, 15) is 10.1 Å². The molecule has 0 saturated heterocycles. The maximum absolute atomic E-state index is 11.5. The number of anilines is 1. The van der Waals surface area contributed by atoms with E-state index in [0.29, 0.717) is 16.4 Å². The summed E-state index contributed by atoms with van der Waals surface area (Å²) < 4.78 is 0. The van der Waals surface area contributed by atoms with Crippen molar-refractivity contribution in [3.8, 4) is 11.1 Å². The van der Waals surface area contributed by atoms with Gasteiger partial charge in [-0.05, 0) is 40.6 Å². The summed E-state index contributed by atoms with van der Waals surface area (Å²) in [5.74, 6) is 0. The van der Waals surface area contributed by atoms with Crippen molar-refractivity contribution in [3.63, 3.8) is 0 Å². The number of nitrogens with zero attached hydrogens (tertiary/aromatic N) is 3. The fraction of sp³-hybridized carbons (Fsp3) is 0.0714. The Kier molecular flexibility index (Phi) is 4.00. The SMILES string of the molecule is CN=CN([O-])c1ccc(-c2ccc(N=O)cc2)cc1. The van der Waals surface area contributed by atoms with Crippen LogP contribution in [0.25, 0.3) is 11.1 Å². The van der Waals surface area contributed by atoms with Crippen LogP contribution >= 0.6 is 0 Å². The van der Waals surface area contributed by atoms with E-state index < -0.39 is 0 Å². The minimum atomic E-state index is 0.394. The Morgan fingerprint density at radius 3 is 2.00 bits per heavy atom. The van der Waals surface area contributed by atoms with Crippen LogP contribution in [-0.2, 0) is 0 Å². The fourth-order valence-electron chi connectivity index (χ4n) is 1.69. The van der Waals surface area contributed by atoms with Gasteiger partial charge in [-0.25, -0.2) is 0 Å². The van der Waals surface area contributed by atoms with Gasteiger partial charge < -0.3 is 10.3 Å². The van der Waals surface area contributed by atoms with Crippen LogP contribution in [-0.4, -0.2) is 13.4 Å². The molecule has 0 aromatic heterocycles. The molecule has 2 aromatic rings. The lowest BCUT2D eigenvalue weighted by molar-refractivity contribution is 1.35. The molecule has 0 atom stereocenters. The first-order valence-electron chi connectivity index (χ1n) is 5.67. The van der Waals surface area contributed by atoms with Gasteiger partial charge in [-0.15, -0.1) is 4.91 Å². The highest BCUT2D eigenvalue weighted by Crippen LogP contribution is 2.24. The van der Waals surface area contributed by atoms with E-state index in [1.165, 1.54) is 6.34 Å². The van der Waals surface area contributed by atoms with Gasteiger partial charge in [0.1, 0.15) is 5.69 Å². The molecule has 0 spiro atoms. The van der Waals surface area contributed by atoms with E-state index in [1.54, 1.807) is 31.3 Å². The standard InChI is InChI=1S/C14H12N3O2/c1-15-10-17(19)14-8-4-12(5-9-14)11-2-6-13(16-18)7-3-11/h2-10H,1H3/q-1. The summed E-state index contributed by atoms with van der Waals surface area (Å²) in [6.07, 6.45) is 1.21. The van der Waals surface area contributed by atoms with Gasteiger partial charge >= 0.3 is 0 Å². The van der Waals surface area contributed by atoms with Crippen LogP contribution in [0, 0.1) is 10.1 Å². The summed E-state index contributed by atoms with van der Waals surface area (Å²) >= 11 is 0. The zero-order valence-corrected chi connectivity index (χ0v) is 10.4. The minimum absolute atomic E-state index is 0.394. The van der Waals surface area contributed by atoms with Gasteiger partial charge in [0.05, 0.1) is 6.34 Å². The highest BCUT2D eigenvalue weighted by molar-refractivity contribution is 5.80. The van der Waals surface area contributed by atoms with E-state index in [2.05, 4.69) is 10.2 Å². The molecular formula is C14H12N3O2-. The van der Waals surface area contributed by atoms with Gasteiger partial charge in [0.15, 0.2) is 0 Å². The Bertz CT molecular complexity index is 577. The topological polar surface area (TPSA) is 68.1 Å². The molecule has 19 heavy (non-hydrogen) atoms. The maximum Gasteiger partial charge on any atom is 0.108 e. The molecule has 2 aromatic carbocycles. The van der Waals surface area contributed by atoms with Gasteiger partial charge in [-0.2, -0.15) is 0 Å². The second kappa shape index (κ2) is 5.88. The number of nitroso groups, excluding NO2 is 1. The Labute approximate surface area is 110 Å². The molecular weight excluding hydrogens is 242 g/mol. The molecule has 5 heteroatoms. The lowest BCUT2D eigenvalue weighted by Crippen LogP contribution is -2.10. The maximum atomic E-state index is 11.5. The van der Waals surface area contributed by atoms with Gasteiger partial charge in [-0.3, -0.25) is 4.99 Å². The number of benzene rings is 2. The molecule has 0 aliphatic heterocycles. The molecule has 0 amide bonds. The summed E-state index contributed by atoms with van der Waals surface area (Å²) in [7, 11) is 1.54. The monoisotopic (exact) mass is 254 g/mol. The average molecular weight is 254 g/mol. The number of rotatable bonds is 4. The van der Waals surface area contributed by atoms with Crippen molar-refractivity contribution in [2.75, 3.05) is 12.1 Å². The van der Waals surface area contributed by atoms with Crippen molar-refractivity contribution >= 4 is 17.7 Å². The second-order valence-corrected chi connectivity index (χ2v) is 3.88. The first-order chi connectivity index (χ1) is 9.24. The van der Waals surface area contributed by atoms with Crippen LogP contribution in [0.5, 0.6) is 0 Å². The molecule has 0 fully saturated rings. The summed E-state index contributed by atoms with van der Waals surface area (Å²) in [5, 5.41) is 15.0. The molecule has 0 saturated carbocycles. The van der Waals surface area contributed by atoms with Crippen molar-refractivity contribution in [2.45, 2.75) is 0 Å². The fourth-order valence-corrected chi connectivity index (χ4v) is 1.69. The summed E-state index contributed by atoms with van der Waals surface area (Å²) in [6, 6.07) is 14.0. The Balaban J connectivity index is 2.24. The van der Waals surface area contributed by atoms with E-state index in [4.69, 9.17) is 0 Å². The predicted molar refractivity (Wildman–Crippen MR) is 77.6 cm³/mol. The normalized spacial score (nSPS) is 10.6. The first kappa shape index (κ1) is 12.9. The van der Waals surface area contributed by atoms with Gasteiger partial charge in [-0.1, -0.05) is 24.3 Å². The molecule has 0 bridgehead atoms. The molecule has 0 heterocycles. The summed E-state index contributed by atoms with van der Waals surface area (Å²) in [6.45, 7) is 0. The minimum Gasteiger partial charge on any atom is -0.753 e. The second-order valence-electron chi connectivity index (χ2n) is 3.88. The Morgan fingerprint density at radius 1 is 1.00 bits per heavy atom. The molecule has 0 N–H and O–H groups in total. The number of hydrogen-bond donors (Lipinski definition) is 0. The third kappa shape index (κ3) is 3.02. The smallest absolute Gasteiger partial charge is 0.108 e. The largest absolute Gasteiger partial charge is 0.753 e. The Hall–Kier alpha value is -2.53. The van der Waals surface area contributed by atoms with Crippen LogP contribution in [0.15, 0.2) is 58.7 Å². The van der Waals surface area contributed by atoms with Crippen molar-refractivity contribution in [3.05, 3.63) is 58.6 Å². The van der Waals surface area contributed by atoms with Crippen LogP contribution < -0.4 is 5.06 Å². The van der Waals surface area contributed by atoms with E-state index in [-0.39, 0.29) is 0 Å². The van der Waals surface area contributed by atoms with Gasteiger partial charge in [0.25, 0.3) is 0 Å². The van der Waals surface area contributed by atoms with E-state index >= 15 is 0 Å². The van der Waals surface area contributed by atoms with Crippen LogP contribution in [0.4, 0.5) is 11.4 Å². The lowest BCUT2D eigenvalue weighted by Gasteiger charge is -2.25. The van der Waals surface area contributed by atoms with E-state index in [0.717, 1.165) is 11.1 Å². The molecule has 5 nitrogen and oxygen atoms in total. The molecule has 2 rings (SSSR count). The quantitative estimate of drug-likeness (QED) is 0.361. The Morgan fingerprint density at radius 2 is 1.53 bits per heavy atom. The average Bonchev–Trinajstić information content (AvgIpc) is 2.48. The highest BCUT2D eigenvalue weighted by atomic mass is 16.5. The molecule has 0 aliphatic carbocycles. The number of hydroxylamine groups is 1. The predicted octanol–water partition coefficient (Wildman–Crippen LogP) is 3.71. The third-order valence-corrected chi connectivity index (χ3v) is 2.65. The van der Waals surface area contributed by atoms with Crippen LogP contribution in [0.1, 0.15) is 0 Å². The van der Waals surface area contributed by atoms with Crippen molar-refractivity contribution in [1.29, 1.82) is 0 Å². The van der Waals surface area contributed by atoms with Gasteiger partial charge in [0, 0.05) is 12.7 Å². The zero-order chi connectivity index (χ0) is 13.7. The number of aliphatic imine (C=N–C) groups is 1. The van der Waals surface area contributed by atoms with Crippen LogP contribution in [0.3, 0.4) is 0 Å². The summed E-state index contributed by atoms with van der Waals surface area (Å²) in [5.41, 5.74) is 2.83. The number of hydrogen-bond acceptors (Lipinski definition) is 4. The van der Waals surface area contributed by atoms with E-state index in [1.807, 2.05) is 24.3 Å².